The lowest BCUT2D eigenvalue weighted by Gasteiger charge is -2.36. The van der Waals surface area contributed by atoms with Crippen molar-refractivity contribution >= 4 is 29.0 Å². The molecule has 2 aliphatic rings. The third-order valence-electron chi connectivity index (χ3n) is 6.70. The molecule has 2 aliphatic heterocycles. The van der Waals surface area contributed by atoms with E-state index in [0.717, 1.165) is 75.7 Å². The molecule has 0 bridgehead atoms. The maximum Gasteiger partial charge on any atom is 0.219 e. The van der Waals surface area contributed by atoms with Gasteiger partial charge in [-0.3, -0.25) is 14.5 Å². The summed E-state index contributed by atoms with van der Waals surface area (Å²) < 4.78 is 0. The zero-order chi connectivity index (χ0) is 22.5. The van der Waals surface area contributed by atoms with E-state index in [-0.39, 0.29) is 11.7 Å². The number of hydrogen-bond donors (Lipinski definition) is 0. The van der Waals surface area contributed by atoms with E-state index in [9.17, 15) is 9.59 Å². The second kappa shape index (κ2) is 10.5. The molecule has 0 atom stereocenters. The zero-order valence-electron chi connectivity index (χ0n) is 18.9. The number of fused-ring (bicyclic) bond motifs is 1. The average molecular weight is 454 g/mol. The van der Waals surface area contributed by atoms with Crippen molar-refractivity contribution in [3.63, 3.8) is 0 Å². The predicted molar refractivity (Wildman–Crippen MR) is 130 cm³/mol. The topological polar surface area (TPSA) is 43.9 Å². The van der Waals surface area contributed by atoms with Gasteiger partial charge in [0.1, 0.15) is 0 Å². The molecule has 5 nitrogen and oxygen atoms in total. The minimum Gasteiger partial charge on any atom is -0.369 e. The lowest BCUT2D eigenvalue weighted by atomic mass is 9.97. The summed E-state index contributed by atoms with van der Waals surface area (Å²) >= 11 is 6.12. The van der Waals surface area contributed by atoms with Crippen molar-refractivity contribution in [1.29, 1.82) is 0 Å². The maximum absolute atomic E-state index is 12.8. The van der Waals surface area contributed by atoms with Crippen LogP contribution in [0.5, 0.6) is 0 Å². The molecule has 1 saturated heterocycles. The number of rotatable bonds is 6. The van der Waals surface area contributed by atoms with Gasteiger partial charge in [-0.1, -0.05) is 29.8 Å². The zero-order valence-corrected chi connectivity index (χ0v) is 19.6. The Morgan fingerprint density at radius 1 is 0.906 bits per heavy atom. The Balaban J connectivity index is 1.23. The number of amides is 1. The quantitative estimate of drug-likeness (QED) is 0.618. The fourth-order valence-corrected chi connectivity index (χ4v) is 4.91. The third kappa shape index (κ3) is 5.70. The van der Waals surface area contributed by atoms with Crippen LogP contribution in [-0.4, -0.2) is 67.3 Å². The van der Waals surface area contributed by atoms with Crippen LogP contribution < -0.4 is 4.90 Å². The van der Waals surface area contributed by atoms with Gasteiger partial charge in [0, 0.05) is 68.9 Å². The number of halogens is 1. The molecule has 0 radical (unpaired) electrons. The van der Waals surface area contributed by atoms with Crippen molar-refractivity contribution < 1.29 is 9.59 Å². The van der Waals surface area contributed by atoms with E-state index in [1.54, 1.807) is 6.92 Å². The highest BCUT2D eigenvalue weighted by molar-refractivity contribution is 6.30. The number of nitrogens with zero attached hydrogens (tertiary/aromatic N) is 3. The van der Waals surface area contributed by atoms with E-state index in [2.05, 4.69) is 28.0 Å². The molecule has 0 spiro atoms. The fraction of sp³-hybridized carbons (Fsp3) is 0.462. The fourth-order valence-electron chi connectivity index (χ4n) is 4.72. The van der Waals surface area contributed by atoms with E-state index >= 15 is 0 Å². The van der Waals surface area contributed by atoms with Crippen LogP contribution in [0.25, 0.3) is 0 Å². The van der Waals surface area contributed by atoms with Gasteiger partial charge < -0.3 is 9.80 Å². The number of Topliss-reactive ketones (excluding diaryl/α,β-unsaturated/α-hetero) is 1. The summed E-state index contributed by atoms with van der Waals surface area (Å²) in [5.74, 6) is 0.348. The summed E-state index contributed by atoms with van der Waals surface area (Å²) in [5, 5.41) is 0.775. The van der Waals surface area contributed by atoms with Gasteiger partial charge in [-0.25, -0.2) is 0 Å². The molecule has 0 aliphatic carbocycles. The van der Waals surface area contributed by atoms with Crippen molar-refractivity contribution in [1.82, 2.24) is 9.80 Å². The monoisotopic (exact) mass is 453 g/mol. The Bertz CT molecular complexity index is 969. The molecule has 0 saturated carbocycles. The number of carbonyl (C=O) groups is 2. The lowest BCUT2D eigenvalue weighted by Crippen LogP contribution is -2.46. The number of ketones is 1. The Hall–Kier alpha value is -2.37. The molecule has 32 heavy (non-hydrogen) atoms. The number of anilines is 1. The first-order valence-electron chi connectivity index (χ1n) is 11.6. The molecule has 2 aromatic carbocycles. The SMILES string of the molecule is CC(=O)N1CCc2ccc(C(=O)CCCN3CCN(c4cccc(Cl)c4)CC3)cc2CC1. The van der Waals surface area contributed by atoms with Crippen LogP contribution in [0.4, 0.5) is 5.69 Å². The molecule has 2 heterocycles. The molecule has 1 fully saturated rings. The second-order valence-electron chi connectivity index (χ2n) is 8.82. The van der Waals surface area contributed by atoms with Crippen LogP contribution in [0.15, 0.2) is 42.5 Å². The summed E-state index contributed by atoms with van der Waals surface area (Å²) in [6, 6.07) is 14.1. The summed E-state index contributed by atoms with van der Waals surface area (Å²) in [7, 11) is 0. The number of carbonyl (C=O) groups excluding carboxylic acids is 2. The summed E-state index contributed by atoms with van der Waals surface area (Å²) in [6.07, 6.45) is 3.15. The van der Waals surface area contributed by atoms with Gasteiger partial charge in [-0.2, -0.15) is 0 Å². The highest BCUT2D eigenvalue weighted by Gasteiger charge is 2.19. The van der Waals surface area contributed by atoms with E-state index in [4.69, 9.17) is 11.6 Å². The largest absolute Gasteiger partial charge is 0.369 e. The summed E-state index contributed by atoms with van der Waals surface area (Å²) in [4.78, 5) is 31.2. The molecule has 4 rings (SSSR count). The molecule has 6 heteroatoms. The van der Waals surface area contributed by atoms with Gasteiger partial charge in [0.2, 0.25) is 5.91 Å². The Kier molecular flexibility index (Phi) is 7.48. The van der Waals surface area contributed by atoms with Crippen molar-refractivity contribution in [3.8, 4) is 0 Å². The van der Waals surface area contributed by atoms with Crippen LogP contribution in [0.3, 0.4) is 0 Å². The Morgan fingerprint density at radius 2 is 1.66 bits per heavy atom. The third-order valence-corrected chi connectivity index (χ3v) is 6.93. The molecule has 0 unspecified atom stereocenters. The van der Waals surface area contributed by atoms with E-state index in [1.165, 1.54) is 16.8 Å². The van der Waals surface area contributed by atoms with Crippen LogP contribution in [0, 0.1) is 0 Å². The Labute approximate surface area is 195 Å². The average Bonchev–Trinajstić information content (AvgIpc) is 3.02. The molecule has 2 aromatic rings. The molecule has 1 amide bonds. The molecule has 0 aromatic heterocycles. The first-order chi connectivity index (χ1) is 15.5. The first kappa shape index (κ1) is 22.8. The van der Waals surface area contributed by atoms with Gasteiger partial charge in [-0.05, 0) is 61.2 Å². The second-order valence-corrected chi connectivity index (χ2v) is 9.26. The lowest BCUT2D eigenvalue weighted by molar-refractivity contribution is -0.128. The van der Waals surface area contributed by atoms with Crippen molar-refractivity contribution in [3.05, 3.63) is 64.2 Å². The maximum atomic E-state index is 12.8. The molecular formula is C26H32ClN3O2. The van der Waals surface area contributed by atoms with E-state index < -0.39 is 0 Å². The van der Waals surface area contributed by atoms with Crippen LogP contribution in [-0.2, 0) is 17.6 Å². The molecule has 170 valence electrons. The number of hydrogen-bond acceptors (Lipinski definition) is 4. The van der Waals surface area contributed by atoms with Gasteiger partial charge in [0.25, 0.3) is 0 Å². The highest BCUT2D eigenvalue weighted by Crippen LogP contribution is 2.22. The molecular weight excluding hydrogens is 422 g/mol. The van der Waals surface area contributed by atoms with Gasteiger partial charge >= 0.3 is 0 Å². The minimum absolute atomic E-state index is 0.127. The smallest absolute Gasteiger partial charge is 0.219 e. The normalized spacial score (nSPS) is 17.1. The molecule has 0 N–H and O–H groups in total. The predicted octanol–water partition coefficient (Wildman–Crippen LogP) is 4.07. The summed E-state index contributed by atoms with van der Waals surface area (Å²) in [6.45, 7) is 8.06. The van der Waals surface area contributed by atoms with Crippen LogP contribution in [0.2, 0.25) is 5.02 Å². The summed E-state index contributed by atoms with van der Waals surface area (Å²) in [5.41, 5.74) is 4.48. The van der Waals surface area contributed by atoms with Crippen LogP contribution >= 0.6 is 11.6 Å². The van der Waals surface area contributed by atoms with Crippen molar-refractivity contribution in [2.75, 3.05) is 50.7 Å². The highest BCUT2D eigenvalue weighted by atomic mass is 35.5. The van der Waals surface area contributed by atoms with Crippen LogP contribution in [0.1, 0.15) is 41.3 Å². The van der Waals surface area contributed by atoms with Gasteiger partial charge in [-0.15, -0.1) is 0 Å². The standard InChI is InChI=1S/C26H32ClN3O2/c1-20(31)29-12-9-21-7-8-23(18-22(21)10-13-29)26(32)6-3-11-28-14-16-30(17-15-28)25-5-2-4-24(27)19-25/h2,4-5,7-8,18-19H,3,6,9-17H2,1H3. The van der Waals surface area contributed by atoms with Crippen molar-refractivity contribution in [2.45, 2.75) is 32.6 Å². The Morgan fingerprint density at radius 3 is 2.38 bits per heavy atom. The first-order valence-corrected chi connectivity index (χ1v) is 12.0. The minimum atomic E-state index is 0.127. The van der Waals surface area contributed by atoms with Gasteiger partial charge in [0.05, 0.1) is 0 Å². The number of benzene rings is 2. The van der Waals surface area contributed by atoms with E-state index in [1.807, 2.05) is 29.2 Å². The van der Waals surface area contributed by atoms with Gasteiger partial charge in [0.15, 0.2) is 5.78 Å². The van der Waals surface area contributed by atoms with Crippen molar-refractivity contribution in [2.24, 2.45) is 0 Å². The van der Waals surface area contributed by atoms with E-state index in [0.29, 0.717) is 6.42 Å². The number of piperazine rings is 1.